The number of rotatable bonds is 9. The van der Waals surface area contributed by atoms with Gasteiger partial charge in [0.2, 0.25) is 5.91 Å². The highest BCUT2D eigenvalue weighted by Gasteiger charge is 2.12. The van der Waals surface area contributed by atoms with Crippen molar-refractivity contribution in [2.24, 2.45) is 0 Å². The summed E-state index contributed by atoms with van der Waals surface area (Å²) in [6.07, 6.45) is 6.84. The molecule has 0 spiro atoms. The van der Waals surface area contributed by atoms with Crippen LogP contribution in [-0.2, 0) is 17.9 Å². The van der Waals surface area contributed by atoms with Crippen LogP contribution in [0.25, 0.3) is 6.08 Å². The van der Waals surface area contributed by atoms with Gasteiger partial charge in [0.05, 0.1) is 34.1 Å². The van der Waals surface area contributed by atoms with Crippen LogP contribution in [-0.4, -0.2) is 37.0 Å². The molecule has 0 aliphatic carbocycles. The van der Waals surface area contributed by atoms with E-state index in [2.05, 4.69) is 10.4 Å². The minimum atomic E-state index is -0.220. The van der Waals surface area contributed by atoms with E-state index in [4.69, 9.17) is 14.2 Å². The van der Waals surface area contributed by atoms with Gasteiger partial charge in [-0.15, -0.1) is 0 Å². The van der Waals surface area contributed by atoms with E-state index in [1.165, 1.54) is 6.08 Å². The topological polar surface area (TPSA) is 74.6 Å². The van der Waals surface area contributed by atoms with Gasteiger partial charge in [-0.05, 0) is 17.7 Å². The molecule has 1 aromatic heterocycles. The SMILES string of the molecule is COc1cc(OC)c(OC)cc1CNC(=O)/C=C/c1cnn(Cc2ccccc2)c1. The van der Waals surface area contributed by atoms with Gasteiger partial charge >= 0.3 is 0 Å². The first-order chi connectivity index (χ1) is 14.6. The number of amides is 1. The molecule has 1 N–H and O–H groups in total. The number of benzene rings is 2. The van der Waals surface area contributed by atoms with Crippen LogP contribution < -0.4 is 19.5 Å². The van der Waals surface area contributed by atoms with Crippen LogP contribution in [0.3, 0.4) is 0 Å². The van der Waals surface area contributed by atoms with Crippen LogP contribution in [0.5, 0.6) is 17.2 Å². The zero-order valence-corrected chi connectivity index (χ0v) is 17.3. The van der Waals surface area contributed by atoms with E-state index in [0.29, 0.717) is 30.3 Å². The van der Waals surface area contributed by atoms with E-state index in [0.717, 1.165) is 16.7 Å². The predicted octanol–water partition coefficient (Wildman–Crippen LogP) is 3.29. The summed E-state index contributed by atoms with van der Waals surface area (Å²) in [5.41, 5.74) is 2.80. The second-order valence-corrected chi connectivity index (χ2v) is 6.53. The molecule has 2 aromatic carbocycles. The first-order valence-corrected chi connectivity index (χ1v) is 9.44. The highest BCUT2D eigenvalue weighted by Crippen LogP contribution is 2.34. The lowest BCUT2D eigenvalue weighted by Crippen LogP contribution is -2.20. The fourth-order valence-electron chi connectivity index (χ4n) is 2.97. The number of hydrogen-bond acceptors (Lipinski definition) is 5. The third-order valence-corrected chi connectivity index (χ3v) is 4.51. The highest BCUT2D eigenvalue weighted by molar-refractivity contribution is 5.91. The van der Waals surface area contributed by atoms with Gasteiger partial charge in [-0.3, -0.25) is 9.48 Å². The number of ether oxygens (including phenoxy) is 3. The predicted molar refractivity (Wildman–Crippen MR) is 115 cm³/mol. The maximum absolute atomic E-state index is 12.2. The van der Waals surface area contributed by atoms with Gasteiger partial charge in [0, 0.05) is 36.0 Å². The minimum Gasteiger partial charge on any atom is -0.496 e. The first-order valence-electron chi connectivity index (χ1n) is 9.44. The largest absolute Gasteiger partial charge is 0.496 e. The van der Waals surface area contributed by atoms with Crippen molar-refractivity contribution in [3.05, 3.63) is 77.6 Å². The summed E-state index contributed by atoms with van der Waals surface area (Å²) in [6, 6.07) is 13.6. The maximum atomic E-state index is 12.2. The quantitative estimate of drug-likeness (QED) is 0.551. The summed E-state index contributed by atoms with van der Waals surface area (Å²) in [7, 11) is 4.69. The van der Waals surface area contributed by atoms with Crippen molar-refractivity contribution in [3.8, 4) is 17.2 Å². The van der Waals surface area contributed by atoms with Gasteiger partial charge in [-0.25, -0.2) is 0 Å². The molecule has 30 heavy (non-hydrogen) atoms. The van der Waals surface area contributed by atoms with Crippen molar-refractivity contribution >= 4 is 12.0 Å². The molecule has 7 nitrogen and oxygen atoms in total. The number of nitrogens with zero attached hydrogens (tertiary/aromatic N) is 2. The smallest absolute Gasteiger partial charge is 0.244 e. The van der Waals surface area contributed by atoms with E-state index in [-0.39, 0.29) is 5.91 Å². The second-order valence-electron chi connectivity index (χ2n) is 6.53. The molecular weight excluding hydrogens is 382 g/mol. The Morgan fingerprint density at radius 1 is 1.03 bits per heavy atom. The molecule has 7 heteroatoms. The van der Waals surface area contributed by atoms with Crippen LogP contribution >= 0.6 is 0 Å². The van der Waals surface area contributed by atoms with Crippen molar-refractivity contribution in [3.63, 3.8) is 0 Å². The highest BCUT2D eigenvalue weighted by atomic mass is 16.5. The van der Waals surface area contributed by atoms with Crippen molar-refractivity contribution in [1.29, 1.82) is 0 Å². The Bertz CT molecular complexity index is 1010. The standard InChI is InChI=1S/C23H25N3O4/c1-28-20-12-22(30-3)21(29-2)11-19(20)14-24-23(27)10-9-18-13-25-26(16-18)15-17-7-5-4-6-8-17/h4-13,16H,14-15H2,1-3H3,(H,24,27)/b10-9+. The second kappa shape index (κ2) is 10.2. The Hall–Kier alpha value is -3.74. The summed E-state index contributed by atoms with van der Waals surface area (Å²) >= 11 is 0. The van der Waals surface area contributed by atoms with Gasteiger partial charge in [-0.2, -0.15) is 5.10 Å². The summed E-state index contributed by atoms with van der Waals surface area (Å²) in [6.45, 7) is 0.972. The molecule has 0 unspecified atom stereocenters. The summed E-state index contributed by atoms with van der Waals surface area (Å²) < 4.78 is 17.8. The number of methoxy groups -OCH3 is 3. The first kappa shape index (κ1) is 21.0. The third-order valence-electron chi connectivity index (χ3n) is 4.51. The van der Waals surface area contributed by atoms with Gasteiger partial charge in [0.1, 0.15) is 5.75 Å². The summed E-state index contributed by atoms with van der Waals surface area (Å²) in [4.78, 5) is 12.2. The van der Waals surface area contributed by atoms with Gasteiger partial charge in [0.15, 0.2) is 11.5 Å². The molecule has 0 aliphatic heterocycles. The lowest BCUT2D eigenvalue weighted by atomic mass is 10.1. The number of carbonyl (C=O) groups is 1. The van der Waals surface area contributed by atoms with E-state index in [9.17, 15) is 4.79 Å². The molecule has 0 atom stereocenters. The molecule has 156 valence electrons. The Labute approximate surface area is 175 Å². The van der Waals surface area contributed by atoms with Crippen LogP contribution in [0, 0.1) is 0 Å². The zero-order valence-electron chi connectivity index (χ0n) is 17.3. The zero-order chi connectivity index (χ0) is 21.3. The number of nitrogens with one attached hydrogen (secondary N) is 1. The third kappa shape index (κ3) is 5.41. The number of carbonyl (C=O) groups excluding carboxylic acids is 1. The van der Waals surface area contributed by atoms with E-state index in [1.54, 1.807) is 45.7 Å². The molecule has 0 aliphatic rings. The van der Waals surface area contributed by atoms with Crippen molar-refractivity contribution in [2.75, 3.05) is 21.3 Å². The van der Waals surface area contributed by atoms with Gasteiger partial charge < -0.3 is 19.5 Å². The van der Waals surface area contributed by atoms with Crippen LogP contribution in [0.4, 0.5) is 0 Å². The summed E-state index contributed by atoms with van der Waals surface area (Å²) in [5, 5.41) is 7.18. The van der Waals surface area contributed by atoms with E-state index < -0.39 is 0 Å². The average molecular weight is 407 g/mol. The maximum Gasteiger partial charge on any atom is 0.244 e. The lowest BCUT2D eigenvalue weighted by Gasteiger charge is -2.14. The molecule has 1 amide bonds. The van der Waals surface area contributed by atoms with E-state index >= 15 is 0 Å². The molecule has 3 rings (SSSR count). The van der Waals surface area contributed by atoms with Crippen molar-refractivity contribution < 1.29 is 19.0 Å². The molecule has 0 saturated heterocycles. The number of aromatic nitrogens is 2. The molecule has 1 heterocycles. The molecule has 0 fully saturated rings. The molecular formula is C23H25N3O4. The molecule has 0 bridgehead atoms. The summed E-state index contributed by atoms with van der Waals surface area (Å²) in [5.74, 6) is 1.53. The Kier molecular flexibility index (Phi) is 7.10. The average Bonchev–Trinajstić information content (AvgIpc) is 3.23. The Morgan fingerprint density at radius 3 is 2.43 bits per heavy atom. The fraction of sp³-hybridized carbons (Fsp3) is 0.217. The van der Waals surface area contributed by atoms with Gasteiger partial charge in [-0.1, -0.05) is 30.3 Å². The van der Waals surface area contributed by atoms with Gasteiger partial charge in [0.25, 0.3) is 0 Å². The monoisotopic (exact) mass is 407 g/mol. The fourth-order valence-corrected chi connectivity index (χ4v) is 2.97. The normalized spacial score (nSPS) is 10.8. The van der Waals surface area contributed by atoms with E-state index in [1.807, 2.05) is 41.2 Å². The van der Waals surface area contributed by atoms with Crippen LogP contribution in [0.2, 0.25) is 0 Å². The molecule has 3 aromatic rings. The minimum absolute atomic E-state index is 0.220. The van der Waals surface area contributed by atoms with Crippen LogP contribution in [0.1, 0.15) is 16.7 Å². The van der Waals surface area contributed by atoms with Crippen molar-refractivity contribution in [2.45, 2.75) is 13.1 Å². The Balaban J connectivity index is 1.59. The molecule has 0 saturated carbocycles. The van der Waals surface area contributed by atoms with Crippen molar-refractivity contribution in [1.82, 2.24) is 15.1 Å². The lowest BCUT2D eigenvalue weighted by molar-refractivity contribution is -0.116. The number of hydrogen-bond donors (Lipinski definition) is 1. The van der Waals surface area contributed by atoms with Crippen LogP contribution in [0.15, 0.2) is 60.9 Å². The Morgan fingerprint density at radius 2 is 1.73 bits per heavy atom. The molecule has 0 radical (unpaired) electrons.